The molecule has 0 amide bonds. The number of aromatic nitrogens is 3. The Bertz CT molecular complexity index is 593. The minimum atomic E-state index is 0.257. The molecule has 0 saturated carbocycles. The molecule has 2 N–H and O–H groups in total. The van der Waals surface area contributed by atoms with Gasteiger partial charge in [-0.15, -0.1) is 0 Å². The van der Waals surface area contributed by atoms with E-state index in [-0.39, 0.29) is 5.95 Å². The van der Waals surface area contributed by atoms with Crippen LogP contribution in [0.2, 0.25) is 0 Å². The van der Waals surface area contributed by atoms with Gasteiger partial charge in [-0.3, -0.25) is 0 Å². The number of nitrogen functional groups attached to an aromatic ring is 1. The molecule has 0 unspecified atom stereocenters. The van der Waals surface area contributed by atoms with Crippen molar-refractivity contribution in [2.24, 2.45) is 0 Å². The van der Waals surface area contributed by atoms with E-state index in [1.54, 1.807) is 7.11 Å². The van der Waals surface area contributed by atoms with Crippen molar-refractivity contribution < 1.29 is 4.74 Å². The quantitative estimate of drug-likeness (QED) is 0.916. The molecule has 0 bridgehead atoms. The first kappa shape index (κ1) is 12.7. The second-order valence-corrected chi connectivity index (χ2v) is 4.74. The summed E-state index contributed by atoms with van der Waals surface area (Å²) in [6.45, 7) is 1.96. The Kier molecular flexibility index (Phi) is 3.37. The number of rotatable bonds is 3. The van der Waals surface area contributed by atoms with Gasteiger partial charge in [0.1, 0.15) is 5.75 Å². The molecule has 0 radical (unpaired) electrons. The van der Waals surface area contributed by atoms with Crippen molar-refractivity contribution in [2.75, 3.05) is 30.8 Å². The van der Waals surface area contributed by atoms with Gasteiger partial charge in [0, 0.05) is 18.7 Å². The van der Waals surface area contributed by atoms with Gasteiger partial charge in [-0.25, -0.2) is 0 Å². The van der Waals surface area contributed by atoms with Gasteiger partial charge >= 0.3 is 0 Å². The zero-order valence-corrected chi connectivity index (χ0v) is 11.4. The summed E-state index contributed by atoms with van der Waals surface area (Å²) in [5, 5.41) is 0. The minimum Gasteiger partial charge on any atom is -0.497 e. The smallest absolute Gasteiger partial charge is 0.230 e. The molecule has 2 heterocycles. The van der Waals surface area contributed by atoms with Crippen LogP contribution >= 0.6 is 0 Å². The van der Waals surface area contributed by atoms with E-state index in [4.69, 9.17) is 10.5 Å². The van der Waals surface area contributed by atoms with Crippen molar-refractivity contribution in [3.05, 3.63) is 24.3 Å². The van der Waals surface area contributed by atoms with Crippen LogP contribution in [0.5, 0.6) is 5.75 Å². The van der Waals surface area contributed by atoms with Gasteiger partial charge in [0.25, 0.3) is 0 Å². The van der Waals surface area contributed by atoms with Crippen LogP contribution < -0.4 is 15.4 Å². The molecule has 6 heteroatoms. The molecule has 20 heavy (non-hydrogen) atoms. The molecule has 1 aromatic carbocycles. The van der Waals surface area contributed by atoms with Crippen molar-refractivity contribution in [2.45, 2.75) is 12.8 Å². The maximum absolute atomic E-state index is 5.81. The number of hydrogen-bond acceptors (Lipinski definition) is 6. The van der Waals surface area contributed by atoms with Crippen LogP contribution in [0.25, 0.3) is 11.4 Å². The SMILES string of the molecule is COc1ccc(-c2nc(N)nc(N3CCCC3)n2)cc1. The molecular formula is C14H17N5O. The fourth-order valence-corrected chi connectivity index (χ4v) is 2.31. The van der Waals surface area contributed by atoms with E-state index >= 15 is 0 Å². The predicted molar refractivity (Wildman–Crippen MR) is 77.7 cm³/mol. The van der Waals surface area contributed by atoms with Crippen LogP contribution in [0, 0.1) is 0 Å². The van der Waals surface area contributed by atoms with Gasteiger partial charge in [0.15, 0.2) is 5.82 Å². The lowest BCUT2D eigenvalue weighted by molar-refractivity contribution is 0.415. The van der Waals surface area contributed by atoms with Crippen molar-refractivity contribution >= 4 is 11.9 Å². The summed E-state index contributed by atoms with van der Waals surface area (Å²) in [6.07, 6.45) is 2.34. The summed E-state index contributed by atoms with van der Waals surface area (Å²) >= 11 is 0. The molecule has 0 spiro atoms. The summed E-state index contributed by atoms with van der Waals surface area (Å²) in [6, 6.07) is 7.60. The Morgan fingerprint density at radius 3 is 2.40 bits per heavy atom. The van der Waals surface area contributed by atoms with Crippen LogP contribution in [-0.4, -0.2) is 35.2 Å². The molecule has 0 atom stereocenters. The zero-order valence-electron chi connectivity index (χ0n) is 11.4. The highest BCUT2D eigenvalue weighted by molar-refractivity contribution is 5.59. The van der Waals surface area contributed by atoms with E-state index in [2.05, 4.69) is 19.9 Å². The van der Waals surface area contributed by atoms with E-state index in [1.807, 2.05) is 24.3 Å². The maximum Gasteiger partial charge on any atom is 0.230 e. The van der Waals surface area contributed by atoms with Gasteiger partial charge in [-0.1, -0.05) is 0 Å². The first-order chi connectivity index (χ1) is 9.76. The summed E-state index contributed by atoms with van der Waals surface area (Å²) in [5.41, 5.74) is 6.71. The first-order valence-corrected chi connectivity index (χ1v) is 6.67. The maximum atomic E-state index is 5.81. The van der Waals surface area contributed by atoms with Gasteiger partial charge in [-0.2, -0.15) is 15.0 Å². The first-order valence-electron chi connectivity index (χ1n) is 6.67. The molecule has 6 nitrogen and oxygen atoms in total. The largest absolute Gasteiger partial charge is 0.497 e. The highest BCUT2D eigenvalue weighted by Crippen LogP contribution is 2.23. The number of nitrogens with two attached hydrogens (primary N) is 1. The fourth-order valence-electron chi connectivity index (χ4n) is 2.31. The fraction of sp³-hybridized carbons (Fsp3) is 0.357. The standard InChI is InChI=1S/C14H17N5O/c1-20-11-6-4-10(5-7-11)12-16-13(15)18-14(17-12)19-8-2-3-9-19/h4-7H,2-3,8-9H2,1H3,(H2,15,16,17,18). The number of benzene rings is 1. The van der Waals surface area contributed by atoms with E-state index in [9.17, 15) is 0 Å². The molecular weight excluding hydrogens is 254 g/mol. The molecule has 3 rings (SSSR count). The molecule has 1 aromatic heterocycles. The number of anilines is 2. The Hall–Kier alpha value is -2.37. The summed E-state index contributed by atoms with van der Waals surface area (Å²) < 4.78 is 5.15. The van der Waals surface area contributed by atoms with Crippen molar-refractivity contribution in [3.63, 3.8) is 0 Å². The van der Waals surface area contributed by atoms with Crippen LogP contribution in [0.1, 0.15) is 12.8 Å². The number of ether oxygens (including phenoxy) is 1. The Morgan fingerprint density at radius 1 is 1.05 bits per heavy atom. The summed E-state index contributed by atoms with van der Waals surface area (Å²) in [7, 11) is 1.64. The molecule has 0 aliphatic carbocycles. The van der Waals surface area contributed by atoms with Gasteiger partial charge in [0.2, 0.25) is 11.9 Å². The number of hydrogen-bond donors (Lipinski definition) is 1. The Labute approximate surface area is 117 Å². The third-order valence-corrected chi connectivity index (χ3v) is 3.38. The molecule has 2 aromatic rings. The third-order valence-electron chi connectivity index (χ3n) is 3.38. The van der Waals surface area contributed by atoms with E-state index in [0.717, 1.165) is 24.4 Å². The zero-order chi connectivity index (χ0) is 13.9. The van der Waals surface area contributed by atoms with Crippen molar-refractivity contribution in [1.29, 1.82) is 0 Å². The average Bonchev–Trinajstić information content (AvgIpc) is 3.01. The Morgan fingerprint density at radius 2 is 1.75 bits per heavy atom. The van der Waals surface area contributed by atoms with Crippen molar-refractivity contribution in [3.8, 4) is 17.1 Å². The van der Waals surface area contributed by atoms with E-state index in [0.29, 0.717) is 11.8 Å². The highest BCUT2D eigenvalue weighted by atomic mass is 16.5. The monoisotopic (exact) mass is 271 g/mol. The normalized spacial score (nSPS) is 14.6. The van der Waals surface area contributed by atoms with E-state index in [1.165, 1.54) is 12.8 Å². The second-order valence-electron chi connectivity index (χ2n) is 4.74. The van der Waals surface area contributed by atoms with Gasteiger partial charge in [0.05, 0.1) is 7.11 Å². The predicted octanol–water partition coefficient (Wildman–Crippen LogP) is 1.73. The molecule has 1 saturated heterocycles. The van der Waals surface area contributed by atoms with Crippen molar-refractivity contribution in [1.82, 2.24) is 15.0 Å². The topological polar surface area (TPSA) is 77.2 Å². The molecule has 104 valence electrons. The van der Waals surface area contributed by atoms with Crippen LogP contribution in [0.15, 0.2) is 24.3 Å². The summed E-state index contributed by atoms with van der Waals surface area (Å²) in [5.74, 6) is 2.33. The lowest BCUT2D eigenvalue weighted by Crippen LogP contribution is -2.21. The lowest BCUT2D eigenvalue weighted by atomic mass is 10.2. The van der Waals surface area contributed by atoms with Gasteiger partial charge in [-0.05, 0) is 37.1 Å². The third kappa shape index (κ3) is 2.49. The van der Waals surface area contributed by atoms with Crippen LogP contribution in [0.3, 0.4) is 0 Å². The van der Waals surface area contributed by atoms with Crippen LogP contribution in [0.4, 0.5) is 11.9 Å². The summed E-state index contributed by atoms with van der Waals surface area (Å²) in [4.78, 5) is 15.1. The highest BCUT2D eigenvalue weighted by Gasteiger charge is 2.17. The average molecular weight is 271 g/mol. The Balaban J connectivity index is 1.95. The minimum absolute atomic E-state index is 0.257. The van der Waals surface area contributed by atoms with Gasteiger partial charge < -0.3 is 15.4 Å². The molecule has 1 fully saturated rings. The number of methoxy groups -OCH3 is 1. The number of nitrogens with zero attached hydrogens (tertiary/aromatic N) is 4. The van der Waals surface area contributed by atoms with E-state index < -0.39 is 0 Å². The lowest BCUT2D eigenvalue weighted by Gasteiger charge is -2.15. The second kappa shape index (κ2) is 5.32. The molecule has 1 aliphatic rings. The molecule has 1 aliphatic heterocycles. The van der Waals surface area contributed by atoms with Crippen LogP contribution in [-0.2, 0) is 0 Å².